The summed E-state index contributed by atoms with van der Waals surface area (Å²) in [5.74, 6) is 1.62. The number of hydrogen-bond donors (Lipinski definition) is 3. The third-order valence-corrected chi connectivity index (χ3v) is 8.96. The van der Waals surface area contributed by atoms with Gasteiger partial charge in [0.2, 0.25) is 5.91 Å². The number of aromatic amines is 1. The highest BCUT2D eigenvalue weighted by Crippen LogP contribution is 2.38. The lowest BCUT2D eigenvalue weighted by atomic mass is 9.92. The average molecular weight is 599 g/mol. The molecule has 7 rings (SSSR count). The predicted molar refractivity (Wildman–Crippen MR) is 179 cm³/mol. The molecule has 45 heavy (non-hydrogen) atoms. The molecule has 4 heterocycles. The second kappa shape index (κ2) is 11.9. The number of nitrogens with one attached hydrogen (secondary N) is 2. The molecule has 0 spiro atoms. The number of rotatable bonds is 11. The number of aliphatic imine (C=N–C) groups is 2. The molecule has 0 fully saturated rings. The van der Waals surface area contributed by atoms with Crippen molar-refractivity contribution in [1.82, 2.24) is 25.1 Å². The zero-order valence-electron chi connectivity index (χ0n) is 25.6. The molecule has 0 bridgehead atoms. The lowest BCUT2D eigenvalue weighted by Gasteiger charge is -2.26. The average Bonchev–Trinajstić information content (AvgIpc) is 3.83. The van der Waals surface area contributed by atoms with Crippen molar-refractivity contribution in [2.45, 2.75) is 69.5 Å². The van der Waals surface area contributed by atoms with E-state index in [0.717, 1.165) is 46.9 Å². The summed E-state index contributed by atoms with van der Waals surface area (Å²) in [7, 11) is 0. The van der Waals surface area contributed by atoms with Crippen LogP contribution in [-0.4, -0.2) is 43.6 Å². The molecule has 2 aromatic heterocycles. The summed E-state index contributed by atoms with van der Waals surface area (Å²) in [6, 6.07) is 24.4. The van der Waals surface area contributed by atoms with Crippen LogP contribution in [0.3, 0.4) is 0 Å². The Labute approximate surface area is 262 Å². The summed E-state index contributed by atoms with van der Waals surface area (Å²) < 4.78 is 2.22. The Hall–Kier alpha value is -4.89. The van der Waals surface area contributed by atoms with Gasteiger partial charge in [-0.05, 0) is 68.0 Å². The van der Waals surface area contributed by atoms with E-state index in [1.807, 2.05) is 42.8 Å². The summed E-state index contributed by atoms with van der Waals surface area (Å²) in [6.45, 7) is 4.13. The van der Waals surface area contributed by atoms with Crippen LogP contribution < -0.4 is 11.1 Å². The van der Waals surface area contributed by atoms with Gasteiger partial charge in [-0.3, -0.25) is 14.8 Å². The van der Waals surface area contributed by atoms with Gasteiger partial charge < -0.3 is 20.6 Å². The number of aryl methyl sites for hydroxylation is 2. The SMILES string of the molecule is CC(C)(N)C(=O)N[C@H](CC1C=Nc2ccccc21)c1nnc(CCc2c[nH]c3ccccc23)n1CCC1C=Nc2ccccc21. The quantitative estimate of drug-likeness (QED) is 0.167. The number of H-pyrrole nitrogens is 1. The molecule has 4 N–H and O–H groups in total. The molecular formula is C36H38N8O. The first kappa shape index (κ1) is 28.9. The Morgan fingerprint density at radius 2 is 1.58 bits per heavy atom. The number of benzene rings is 3. The summed E-state index contributed by atoms with van der Waals surface area (Å²) in [4.78, 5) is 26.1. The molecule has 0 radical (unpaired) electrons. The van der Waals surface area contributed by atoms with E-state index in [4.69, 9.17) is 15.9 Å². The topological polar surface area (TPSA) is 126 Å². The molecule has 2 unspecified atom stereocenters. The van der Waals surface area contributed by atoms with Crippen LogP contribution in [0.5, 0.6) is 0 Å². The fourth-order valence-corrected chi connectivity index (χ4v) is 6.47. The normalized spacial score (nSPS) is 17.5. The number of aromatic nitrogens is 4. The second-order valence-corrected chi connectivity index (χ2v) is 12.6. The molecular weight excluding hydrogens is 560 g/mol. The molecule has 0 saturated heterocycles. The molecule has 1 amide bonds. The number of hydrogen-bond acceptors (Lipinski definition) is 6. The highest BCUT2D eigenvalue weighted by molar-refractivity contribution is 5.86. The molecule has 0 aliphatic carbocycles. The van der Waals surface area contributed by atoms with Gasteiger partial charge in [-0.25, -0.2) is 0 Å². The van der Waals surface area contributed by atoms with Gasteiger partial charge in [0.15, 0.2) is 5.82 Å². The van der Waals surface area contributed by atoms with Gasteiger partial charge in [-0.15, -0.1) is 10.2 Å². The first-order chi connectivity index (χ1) is 21.8. The first-order valence-corrected chi connectivity index (χ1v) is 15.7. The molecule has 0 saturated carbocycles. The molecule has 9 nitrogen and oxygen atoms in total. The van der Waals surface area contributed by atoms with Crippen molar-refractivity contribution >= 4 is 40.6 Å². The van der Waals surface area contributed by atoms with Crippen LogP contribution in [0.25, 0.3) is 10.9 Å². The Kier molecular flexibility index (Phi) is 7.63. The van der Waals surface area contributed by atoms with Crippen LogP contribution in [0, 0.1) is 0 Å². The smallest absolute Gasteiger partial charge is 0.240 e. The number of nitrogens with zero attached hydrogens (tertiary/aromatic N) is 5. The standard InChI is InChI=1S/C36H38N8O/c1-36(2,37)35(45)41-32(19-25-22-40-31-14-8-5-11-28(25)31)34-43-42-33(16-15-23-20-38-29-12-6-3-9-26(23)29)44(34)18-17-24-21-39-30-13-7-4-10-27(24)30/h3-14,20-22,24-25,32,38H,15-19,37H2,1-2H3,(H,41,45)/t24?,25?,32-/m1/s1. The van der Waals surface area contributed by atoms with Crippen molar-refractivity contribution in [2.75, 3.05) is 0 Å². The monoisotopic (exact) mass is 598 g/mol. The minimum absolute atomic E-state index is 0.0287. The van der Waals surface area contributed by atoms with Crippen molar-refractivity contribution in [2.24, 2.45) is 15.7 Å². The summed E-state index contributed by atoms with van der Waals surface area (Å²) in [5.41, 5.74) is 12.0. The second-order valence-electron chi connectivity index (χ2n) is 12.6. The van der Waals surface area contributed by atoms with Crippen LogP contribution >= 0.6 is 0 Å². The van der Waals surface area contributed by atoms with E-state index in [0.29, 0.717) is 19.4 Å². The summed E-state index contributed by atoms with van der Waals surface area (Å²) >= 11 is 0. The van der Waals surface area contributed by atoms with Crippen LogP contribution in [0.1, 0.15) is 72.9 Å². The van der Waals surface area contributed by atoms with Crippen molar-refractivity contribution in [3.05, 3.63) is 107 Å². The summed E-state index contributed by atoms with van der Waals surface area (Å²) in [6.07, 6.45) is 9.05. The van der Waals surface area contributed by atoms with Crippen LogP contribution in [0.4, 0.5) is 11.4 Å². The van der Waals surface area contributed by atoms with Crippen molar-refractivity contribution in [3.8, 4) is 0 Å². The van der Waals surface area contributed by atoms with E-state index in [1.54, 1.807) is 13.8 Å². The van der Waals surface area contributed by atoms with Crippen molar-refractivity contribution in [1.29, 1.82) is 0 Å². The van der Waals surface area contributed by atoms with E-state index in [9.17, 15) is 4.79 Å². The van der Waals surface area contributed by atoms with Crippen molar-refractivity contribution in [3.63, 3.8) is 0 Å². The molecule has 9 heteroatoms. The third kappa shape index (κ3) is 5.83. The number of carbonyl (C=O) groups is 1. The van der Waals surface area contributed by atoms with Gasteiger partial charge >= 0.3 is 0 Å². The van der Waals surface area contributed by atoms with Crippen molar-refractivity contribution < 1.29 is 4.79 Å². The number of para-hydroxylation sites is 3. The Morgan fingerprint density at radius 3 is 2.33 bits per heavy atom. The van der Waals surface area contributed by atoms with E-state index in [2.05, 4.69) is 73.5 Å². The van der Waals surface area contributed by atoms with Crippen LogP contribution in [0.2, 0.25) is 0 Å². The zero-order valence-corrected chi connectivity index (χ0v) is 25.6. The number of carbonyl (C=O) groups excluding carboxylic acids is 1. The van der Waals surface area contributed by atoms with E-state index in [-0.39, 0.29) is 17.7 Å². The Morgan fingerprint density at radius 1 is 0.911 bits per heavy atom. The van der Waals surface area contributed by atoms with Gasteiger partial charge in [-0.2, -0.15) is 0 Å². The van der Waals surface area contributed by atoms with Gasteiger partial charge in [-0.1, -0.05) is 54.6 Å². The third-order valence-electron chi connectivity index (χ3n) is 8.96. The Bertz CT molecular complexity index is 1910. The maximum Gasteiger partial charge on any atom is 0.240 e. The van der Waals surface area contributed by atoms with Gasteiger partial charge in [0.25, 0.3) is 0 Å². The fraction of sp³-hybridized carbons (Fsp3) is 0.306. The fourth-order valence-electron chi connectivity index (χ4n) is 6.47. The zero-order chi connectivity index (χ0) is 31.0. The number of fused-ring (bicyclic) bond motifs is 3. The maximum absolute atomic E-state index is 13.3. The molecule has 2 aliphatic heterocycles. The van der Waals surface area contributed by atoms with Crippen LogP contribution in [-0.2, 0) is 24.2 Å². The highest BCUT2D eigenvalue weighted by Gasteiger charge is 2.32. The van der Waals surface area contributed by atoms with E-state index in [1.165, 1.54) is 16.5 Å². The number of nitrogens with two attached hydrogens (primary N) is 1. The maximum atomic E-state index is 13.3. The largest absolute Gasteiger partial charge is 0.361 e. The minimum Gasteiger partial charge on any atom is -0.361 e. The molecule has 2 aliphatic rings. The highest BCUT2D eigenvalue weighted by atomic mass is 16.2. The lowest BCUT2D eigenvalue weighted by Crippen LogP contribution is -2.50. The molecule has 3 aromatic carbocycles. The van der Waals surface area contributed by atoms with Gasteiger partial charge in [0.05, 0.1) is 23.0 Å². The van der Waals surface area contributed by atoms with E-state index < -0.39 is 11.6 Å². The minimum atomic E-state index is -1.05. The number of amides is 1. The first-order valence-electron chi connectivity index (χ1n) is 15.7. The molecule has 228 valence electrons. The Balaban J connectivity index is 1.22. The lowest BCUT2D eigenvalue weighted by molar-refractivity contribution is -0.126. The summed E-state index contributed by atoms with van der Waals surface area (Å²) in [5, 5.41) is 14.0. The van der Waals surface area contributed by atoms with E-state index >= 15 is 0 Å². The van der Waals surface area contributed by atoms with Gasteiger partial charge in [0.1, 0.15) is 5.82 Å². The predicted octanol–water partition coefficient (Wildman–Crippen LogP) is 6.22. The van der Waals surface area contributed by atoms with Gasteiger partial charge in [0, 0.05) is 54.3 Å². The van der Waals surface area contributed by atoms with Crippen LogP contribution in [0.15, 0.2) is 89.0 Å². The molecule has 5 aromatic rings. The molecule has 3 atom stereocenters.